The number of halogens is 4. The third-order valence-corrected chi connectivity index (χ3v) is 8.84. The number of aryl methyl sites for hydroxylation is 3. The maximum absolute atomic E-state index is 13.8. The van der Waals surface area contributed by atoms with Crippen LogP contribution in [0.5, 0.6) is 5.75 Å². The van der Waals surface area contributed by atoms with E-state index in [4.69, 9.17) is 31.9 Å². The van der Waals surface area contributed by atoms with E-state index in [0.717, 1.165) is 62.6 Å². The summed E-state index contributed by atoms with van der Waals surface area (Å²) < 4.78 is 29.5. The Bertz CT molecular complexity index is 1820. The molecule has 45 heavy (non-hydrogen) atoms. The van der Waals surface area contributed by atoms with Crippen molar-refractivity contribution in [2.24, 2.45) is 12.8 Å². The molecule has 0 saturated heterocycles. The van der Waals surface area contributed by atoms with Crippen LogP contribution in [0.1, 0.15) is 53.6 Å². The lowest BCUT2D eigenvalue weighted by atomic mass is 9.98. The van der Waals surface area contributed by atoms with Gasteiger partial charge in [-0.2, -0.15) is 5.10 Å². The second-order valence-electron chi connectivity index (χ2n) is 10.8. The average Bonchev–Trinajstić information content (AvgIpc) is 3.48. The first-order valence-electron chi connectivity index (χ1n) is 14.9. The fraction of sp³-hybridized carbons (Fsp3) is 0.353. The Labute approximate surface area is 282 Å². The lowest BCUT2D eigenvalue weighted by Crippen LogP contribution is -2.15. The van der Waals surface area contributed by atoms with E-state index >= 15 is 0 Å². The minimum atomic E-state index is -0.367. The minimum absolute atomic E-state index is 0. The first kappa shape index (κ1) is 34.8. The molecule has 2 N–H and O–H groups in total. The van der Waals surface area contributed by atoms with Crippen molar-refractivity contribution in [2.45, 2.75) is 51.4 Å². The van der Waals surface area contributed by atoms with Crippen LogP contribution in [0.15, 0.2) is 48.5 Å². The van der Waals surface area contributed by atoms with Crippen LogP contribution in [0.3, 0.4) is 0 Å². The van der Waals surface area contributed by atoms with Gasteiger partial charge in [0.2, 0.25) is 0 Å². The number of rotatable bonds is 13. The summed E-state index contributed by atoms with van der Waals surface area (Å²) in [5, 5.41) is 8.45. The number of carbonyl (C=O) groups excluding carboxylic acids is 1. The number of nitrogens with zero attached hydrogens (tertiary/aromatic N) is 3. The summed E-state index contributed by atoms with van der Waals surface area (Å²) in [5.41, 5.74) is 11.8. The number of alkyl halides is 1. The molecule has 2 heterocycles. The highest BCUT2D eigenvalue weighted by Crippen LogP contribution is 2.43. The normalized spacial score (nSPS) is 11.3. The predicted octanol–water partition coefficient (Wildman–Crippen LogP) is 8.54. The number of aromatic nitrogens is 3. The highest BCUT2D eigenvalue weighted by atomic mass is 79.9. The van der Waals surface area contributed by atoms with Gasteiger partial charge in [0.05, 0.1) is 29.4 Å². The van der Waals surface area contributed by atoms with Crippen LogP contribution in [0.2, 0.25) is 5.02 Å². The van der Waals surface area contributed by atoms with E-state index in [2.05, 4.69) is 20.5 Å². The van der Waals surface area contributed by atoms with E-state index in [-0.39, 0.29) is 30.8 Å². The SMILES string of the molecule is CCOC(=O)c1c(CCCOc2cccc3cc(F)ccc23)c2ccc(Cl)c(-c3c(CBr)nn(C)c3C)c2n1CCCCN.Cl. The Kier molecular flexibility index (Phi) is 11.9. The maximum Gasteiger partial charge on any atom is 0.355 e. The Morgan fingerprint density at radius 2 is 1.87 bits per heavy atom. The Morgan fingerprint density at radius 1 is 1.09 bits per heavy atom. The number of carbonyl (C=O) groups is 1. The molecule has 2 aromatic heterocycles. The van der Waals surface area contributed by atoms with Gasteiger partial charge in [-0.15, -0.1) is 12.4 Å². The molecule has 0 spiro atoms. The third-order valence-electron chi connectivity index (χ3n) is 8.00. The summed E-state index contributed by atoms with van der Waals surface area (Å²) in [7, 11) is 1.92. The van der Waals surface area contributed by atoms with Crippen molar-refractivity contribution in [1.29, 1.82) is 0 Å². The van der Waals surface area contributed by atoms with E-state index in [9.17, 15) is 9.18 Å². The maximum atomic E-state index is 13.8. The van der Waals surface area contributed by atoms with Crippen molar-refractivity contribution in [1.82, 2.24) is 14.3 Å². The van der Waals surface area contributed by atoms with E-state index in [1.165, 1.54) is 12.1 Å². The lowest BCUT2D eigenvalue weighted by Gasteiger charge is -2.15. The highest BCUT2D eigenvalue weighted by Gasteiger charge is 2.29. The van der Waals surface area contributed by atoms with Crippen LogP contribution in [-0.4, -0.2) is 40.1 Å². The molecule has 0 saturated carbocycles. The average molecular weight is 721 g/mol. The topological polar surface area (TPSA) is 84.3 Å². The Morgan fingerprint density at radius 3 is 2.60 bits per heavy atom. The van der Waals surface area contributed by atoms with Gasteiger partial charge in [0, 0.05) is 46.5 Å². The van der Waals surface area contributed by atoms with Gasteiger partial charge in [-0.1, -0.05) is 45.7 Å². The van der Waals surface area contributed by atoms with Crippen LogP contribution in [0, 0.1) is 12.7 Å². The Balaban J connectivity index is 0.00000461. The molecule has 0 aliphatic carbocycles. The predicted molar refractivity (Wildman–Crippen MR) is 186 cm³/mol. The summed E-state index contributed by atoms with van der Waals surface area (Å²) in [6.45, 7) is 5.65. The van der Waals surface area contributed by atoms with Gasteiger partial charge in [0.25, 0.3) is 0 Å². The van der Waals surface area contributed by atoms with Crippen molar-refractivity contribution in [3.63, 3.8) is 0 Å². The number of hydrogen-bond donors (Lipinski definition) is 1. The van der Waals surface area contributed by atoms with Gasteiger partial charge in [-0.05, 0) is 87.4 Å². The van der Waals surface area contributed by atoms with E-state index < -0.39 is 0 Å². The van der Waals surface area contributed by atoms with Crippen molar-refractivity contribution < 1.29 is 18.7 Å². The van der Waals surface area contributed by atoms with Crippen molar-refractivity contribution >= 4 is 67.6 Å². The van der Waals surface area contributed by atoms with Crippen LogP contribution < -0.4 is 10.5 Å². The second kappa shape index (κ2) is 15.5. The van der Waals surface area contributed by atoms with Crippen molar-refractivity contribution in [3.8, 4) is 16.9 Å². The summed E-state index contributed by atoms with van der Waals surface area (Å²) >= 11 is 10.6. The molecule has 0 aliphatic heterocycles. The van der Waals surface area contributed by atoms with Gasteiger partial charge in [-0.3, -0.25) is 4.68 Å². The molecule has 7 nitrogen and oxygen atoms in total. The van der Waals surface area contributed by atoms with Crippen LogP contribution in [0.25, 0.3) is 32.8 Å². The molecule has 5 rings (SSSR count). The number of fused-ring (bicyclic) bond motifs is 2. The molecule has 0 bridgehead atoms. The fourth-order valence-corrected chi connectivity index (χ4v) is 6.57. The summed E-state index contributed by atoms with van der Waals surface area (Å²) in [5.74, 6) is 0.0445. The zero-order chi connectivity index (χ0) is 31.4. The molecule has 0 amide bonds. The summed E-state index contributed by atoms with van der Waals surface area (Å²) in [6, 6.07) is 14.2. The summed E-state index contributed by atoms with van der Waals surface area (Å²) in [6.07, 6.45) is 2.82. The zero-order valence-electron chi connectivity index (χ0n) is 25.7. The van der Waals surface area contributed by atoms with Crippen LogP contribution >= 0.6 is 39.9 Å². The molecule has 5 aromatic rings. The standard InChI is InChI=1S/C34H37BrClFN4O3.ClH/c1-4-43-34(42)33-25(10-8-18-44-29-11-7-9-22-19-23(37)12-13-24(22)29)26-14-15-27(36)31(32(26)41(33)17-6-5-16-38)30-21(2)40(3)39-28(30)20-35;/h7,9,11-15,19H,4-6,8,10,16-18,20,38H2,1-3H3;1H. The Hall–Kier alpha value is -3.11. The van der Waals surface area contributed by atoms with E-state index in [0.29, 0.717) is 54.3 Å². The first-order chi connectivity index (χ1) is 21.3. The summed E-state index contributed by atoms with van der Waals surface area (Å²) in [4.78, 5) is 13.7. The molecule has 0 radical (unpaired) electrons. The second-order valence-corrected chi connectivity index (χ2v) is 11.7. The molecule has 0 aliphatic rings. The first-order valence-corrected chi connectivity index (χ1v) is 16.4. The largest absolute Gasteiger partial charge is 0.493 e. The smallest absolute Gasteiger partial charge is 0.355 e. The highest BCUT2D eigenvalue weighted by molar-refractivity contribution is 9.08. The minimum Gasteiger partial charge on any atom is -0.493 e. The van der Waals surface area contributed by atoms with Gasteiger partial charge < -0.3 is 19.8 Å². The van der Waals surface area contributed by atoms with Gasteiger partial charge >= 0.3 is 5.97 Å². The zero-order valence-corrected chi connectivity index (χ0v) is 28.8. The van der Waals surface area contributed by atoms with Crippen molar-refractivity contribution in [2.75, 3.05) is 19.8 Å². The molecule has 11 heteroatoms. The molecule has 0 atom stereocenters. The molecule has 240 valence electrons. The number of ether oxygens (including phenoxy) is 2. The van der Waals surface area contributed by atoms with Crippen LogP contribution in [-0.2, 0) is 30.1 Å². The van der Waals surface area contributed by atoms with Gasteiger partial charge in [0.1, 0.15) is 17.3 Å². The molecule has 0 fully saturated rings. The fourth-order valence-electron chi connectivity index (χ4n) is 5.93. The third kappa shape index (κ3) is 7.02. The number of hydrogen-bond acceptors (Lipinski definition) is 5. The number of unbranched alkanes of at least 4 members (excludes halogenated alkanes) is 1. The lowest BCUT2D eigenvalue weighted by molar-refractivity contribution is 0.0512. The van der Waals surface area contributed by atoms with Gasteiger partial charge in [-0.25, -0.2) is 9.18 Å². The van der Waals surface area contributed by atoms with Crippen LogP contribution in [0.4, 0.5) is 4.39 Å². The molecular weight excluding hydrogens is 682 g/mol. The number of esters is 1. The number of nitrogens with two attached hydrogens (primary N) is 1. The number of benzene rings is 3. The van der Waals surface area contributed by atoms with Crippen molar-refractivity contribution in [3.05, 3.63) is 82.0 Å². The monoisotopic (exact) mass is 718 g/mol. The quantitative estimate of drug-likeness (QED) is 0.0749. The van der Waals surface area contributed by atoms with Gasteiger partial charge in [0.15, 0.2) is 0 Å². The van der Waals surface area contributed by atoms with E-state index in [1.807, 2.05) is 55.9 Å². The molecular formula is C34H38BrCl2FN4O3. The molecule has 3 aromatic carbocycles. The van der Waals surface area contributed by atoms with E-state index in [1.54, 1.807) is 6.07 Å². The molecule has 0 unspecified atom stereocenters.